The molecule has 0 radical (unpaired) electrons. The summed E-state index contributed by atoms with van der Waals surface area (Å²) in [5, 5.41) is 19.4. The van der Waals surface area contributed by atoms with Crippen LogP contribution in [0, 0.1) is 0 Å². The minimum atomic E-state index is -0.840. The molecule has 2 aromatic rings. The van der Waals surface area contributed by atoms with Crippen molar-refractivity contribution in [2.24, 2.45) is 0 Å². The fraction of sp³-hybridized carbons (Fsp3) is 0.409. The second-order valence-electron chi connectivity index (χ2n) is 6.68. The third-order valence-electron chi connectivity index (χ3n) is 4.55. The molecule has 0 spiro atoms. The number of ether oxygens (including phenoxy) is 1. The van der Waals surface area contributed by atoms with Crippen molar-refractivity contribution in [3.05, 3.63) is 65.2 Å². The van der Waals surface area contributed by atoms with E-state index in [-0.39, 0.29) is 0 Å². The Morgan fingerprint density at radius 2 is 1.81 bits per heavy atom. The van der Waals surface area contributed by atoms with Crippen LogP contribution in [0.5, 0.6) is 5.75 Å². The van der Waals surface area contributed by atoms with Crippen LogP contribution >= 0.6 is 0 Å². The van der Waals surface area contributed by atoms with Gasteiger partial charge in [-0.1, -0.05) is 62.6 Å². The SMILES string of the molecule is CCCCCC(O)c1cccc(OCc2cccc(C(C)C(=O)O)c2)c1. The van der Waals surface area contributed by atoms with Crippen LogP contribution in [0.2, 0.25) is 0 Å². The predicted molar refractivity (Wildman–Crippen MR) is 102 cm³/mol. The molecule has 0 aliphatic rings. The number of rotatable bonds is 10. The Balaban J connectivity index is 1.98. The van der Waals surface area contributed by atoms with Crippen LogP contribution in [0.4, 0.5) is 0 Å². The van der Waals surface area contributed by atoms with Gasteiger partial charge >= 0.3 is 5.97 Å². The standard InChI is InChI=1S/C22H28O4/c1-3-4-5-12-21(23)19-10-7-11-20(14-19)26-15-17-8-6-9-18(13-17)16(2)22(24)25/h6-11,13-14,16,21,23H,3-5,12,15H2,1-2H3,(H,24,25). The van der Waals surface area contributed by atoms with E-state index in [9.17, 15) is 9.90 Å². The summed E-state index contributed by atoms with van der Waals surface area (Å²) in [6.45, 7) is 4.17. The van der Waals surface area contributed by atoms with Crippen molar-refractivity contribution < 1.29 is 19.7 Å². The molecule has 2 unspecified atom stereocenters. The number of unbranched alkanes of at least 4 members (excludes halogenated alkanes) is 2. The van der Waals surface area contributed by atoms with E-state index in [1.54, 1.807) is 6.92 Å². The van der Waals surface area contributed by atoms with E-state index in [0.29, 0.717) is 12.4 Å². The molecule has 0 amide bonds. The molecule has 0 heterocycles. The number of carboxylic acids is 1. The van der Waals surface area contributed by atoms with Gasteiger partial charge in [-0.2, -0.15) is 0 Å². The van der Waals surface area contributed by atoms with Gasteiger partial charge in [0, 0.05) is 0 Å². The van der Waals surface area contributed by atoms with Crippen molar-refractivity contribution in [1.29, 1.82) is 0 Å². The smallest absolute Gasteiger partial charge is 0.310 e. The Hall–Kier alpha value is -2.33. The topological polar surface area (TPSA) is 66.8 Å². The molecule has 2 rings (SSSR count). The van der Waals surface area contributed by atoms with Gasteiger partial charge in [0.2, 0.25) is 0 Å². The number of aliphatic hydroxyl groups is 1. The molecule has 2 aromatic carbocycles. The molecule has 0 aliphatic carbocycles. The van der Waals surface area contributed by atoms with Crippen molar-refractivity contribution in [3.63, 3.8) is 0 Å². The van der Waals surface area contributed by atoms with Crippen LogP contribution in [0.3, 0.4) is 0 Å². The summed E-state index contributed by atoms with van der Waals surface area (Å²) in [5.74, 6) is -0.682. The monoisotopic (exact) mass is 356 g/mol. The molecule has 4 heteroatoms. The summed E-state index contributed by atoms with van der Waals surface area (Å²) in [6, 6.07) is 15.0. The highest BCUT2D eigenvalue weighted by molar-refractivity contribution is 5.75. The number of aliphatic hydroxyl groups excluding tert-OH is 1. The predicted octanol–water partition coefficient (Wildman–Crippen LogP) is 5.07. The lowest BCUT2D eigenvalue weighted by Gasteiger charge is -2.13. The molecule has 26 heavy (non-hydrogen) atoms. The van der Waals surface area contributed by atoms with Crippen molar-refractivity contribution in [2.75, 3.05) is 0 Å². The van der Waals surface area contributed by atoms with Gasteiger partial charge in [0.15, 0.2) is 0 Å². The molecule has 140 valence electrons. The summed E-state index contributed by atoms with van der Waals surface area (Å²) in [5.41, 5.74) is 2.55. The average Bonchev–Trinajstić information content (AvgIpc) is 2.66. The van der Waals surface area contributed by atoms with Gasteiger partial charge in [-0.25, -0.2) is 0 Å². The van der Waals surface area contributed by atoms with Gasteiger partial charge in [-0.3, -0.25) is 4.79 Å². The first-order valence-corrected chi connectivity index (χ1v) is 9.23. The molecule has 0 fully saturated rings. The van der Waals surface area contributed by atoms with Crippen LogP contribution in [-0.2, 0) is 11.4 Å². The molecule has 0 bridgehead atoms. The number of hydrogen-bond donors (Lipinski definition) is 2. The van der Waals surface area contributed by atoms with Crippen molar-refractivity contribution >= 4 is 5.97 Å². The maximum absolute atomic E-state index is 11.1. The van der Waals surface area contributed by atoms with Crippen LogP contribution in [0.25, 0.3) is 0 Å². The minimum Gasteiger partial charge on any atom is -0.489 e. The van der Waals surface area contributed by atoms with E-state index >= 15 is 0 Å². The lowest BCUT2D eigenvalue weighted by Crippen LogP contribution is -2.08. The fourth-order valence-electron chi connectivity index (χ4n) is 2.83. The summed E-state index contributed by atoms with van der Waals surface area (Å²) in [4.78, 5) is 11.1. The molecule has 2 atom stereocenters. The first-order chi connectivity index (χ1) is 12.5. The van der Waals surface area contributed by atoms with E-state index in [0.717, 1.165) is 42.4 Å². The first-order valence-electron chi connectivity index (χ1n) is 9.23. The van der Waals surface area contributed by atoms with Gasteiger partial charge in [-0.15, -0.1) is 0 Å². The molecule has 0 aromatic heterocycles. The Morgan fingerprint density at radius 3 is 2.54 bits per heavy atom. The zero-order chi connectivity index (χ0) is 18.9. The summed E-state index contributed by atoms with van der Waals surface area (Å²) < 4.78 is 5.85. The Labute approximate surface area is 155 Å². The Morgan fingerprint density at radius 1 is 1.08 bits per heavy atom. The van der Waals surface area contributed by atoms with Crippen LogP contribution in [-0.4, -0.2) is 16.2 Å². The fourth-order valence-corrected chi connectivity index (χ4v) is 2.83. The molecule has 0 saturated carbocycles. The van der Waals surface area contributed by atoms with Gasteiger partial charge in [0.1, 0.15) is 12.4 Å². The number of aliphatic carboxylic acids is 1. The molecular formula is C22H28O4. The van der Waals surface area contributed by atoms with E-state index in [2.05, 4.69) is 6.92 Å². The number of carboxylic acid groups (broad SMARTS) is 1. The summed E-state index contributed by atoms with van der Waals surface area (Å²) in [7, 11) is 0. The average molecular weight is 356 g/mol. The second-order valence-corrected chi connectivity index (χ2v) is 6.68. The van der Waals surface area contributed by atoms with Crippen molar-refractivity contribution in [2.45, 2.75) is 58.2 Å². The second kappa shape index (κ2) is 9.97. The lowest BCUT2D eigenvalue weighted by molar-refractivity contribution is -0.138. The highest BCUT2D eigenvalue weighted by Crippen LogP contribution is 2.24. The third kappa shape index (κ3) is 5.88. The number of hydrogen-bond acceptors (Lipinski definition) is 3. The highest BCUT2D eigenvalue weighted by atomic mass is 16.5. The highest BCUT2D eigenvalue weighted by Gasteiger charge is 2.14. The van der Waals surface area contributed by atoms with Crippen LogP contribution in [0.15, 0.2) is 48.5 Å². The maximum Gasteiger partial charge on any atom is 0.310 e. The summed E-state index contributed by atoms with van der Waals surface area (Å²) in [6.07, 6.45) is 3.56. The number of benzene rings is 2. The van der Waals surface area contributed by atoms with E-state index in [1.807, 2.05) is 48.5 Å². The normalized spacial score (nSPS) is 13.2. The first kappa shape index (κ1) is 20.0. The zero-order valence-corrected chi connectivity index (χ0v) is 15.5. The van der Waals surface area contributed by atoms with Crippen LogP contribution < -0.4 is 4.74 Å². The van der Waals surface area contributed by atoms with Gasteiger partial charge in [0.05, 0.1) is 12.0 Å². The maximum atomic E-state index is 11.1. The quantitative estimate of drug-likeness (QED) is 0.583. The number of carbonyl (C=O) groups is 1. The Bertz CT molecular complexity index is 711. The molecular weight excluding hydrogens is 328 g/mol. The minimum absolute atomic E-state index is 0.357. The largest absolute Gasteiger partial charge is 0.489 e. The van der Waals surface area contributed by atoms with Gasteiger partial charge in [-0.05, 0) is 42.2 Å². The van der Waals surface area contributed by atoms with Gasteiger partial charge in [0.25, 0.3) is 0 Å². The van der Waals surface area contributed by atoms with Crippen molar-refractivity contribution in [1.82, 2.24) is 0 Å². The zero-order valence-electron chi connectivity index (χ0n) is 15.5. The van der Waals surface area contributed by atoms with E-state index < -0.39 is 18.0 Å². The molecule has 4 nitrogen and oxygen atoms in total. The van der Waals surface area contributed by atoms with E-state index in [1.165, 1.54) is 0 Å². The van der Waals surface area contributed by atoms with E-state index in [4.69, 9.17) is 9.84 Å². The Kier molecular flexibility index (Phi) is 7.67. The molecule has 0 aliphatic heterocycles. The third-order valence-corrected chi connectivity index (χ3v) is 4.55. The summed E-state index contributed by atoms with van der Waals surface area (Å²) >= 11 is 0. The van der Waals surface area contributed by atoms with Gasteiger partial charge < -0.3 is 14.9 Å². The molecule has 2 N–H and O–H groups in total. The van der Waals surface area contributed by atoms with Crippen LogP contribution in [0.1, 0.15) is 68.2 Å². The lowest BCUT2D eigenvalue weighted by atomic mass is 9.99. The van der Waals surface area contributed by atoms with Crippen molar-refractivity contribution in [3.8, 4) is 5.75 Å². The molecule has 0 saturated heterocycles.